The lowest BCUT2D eigenvalue weighted by molar-refractivity contribution is -0.121. The molecule has 18 heavy (non-hydrogen) atoms. The van der Waals surface area contributed by atoms with E-state index >= 15 is 0 Å². The van der Waals surface area contributed by atoms with Gasteiger partial charge in [0, 0.05) is 27.2 Å². The number of hydrogen-bond donors (Lipinski definition) is 1. The predicted octanol–water partition coefficient (Wildman–Crippen LogP) is -0.0974. The van der Waals surface area contributed by atoms with Gasteiger partial charge in [0.15, 0.2) is 0 Å². The fourth-order valence-corrected chi connectivity index (χ4v) is 2.00. The van der Waals surface area contributed by atoms with Gasteiger partial charge < -0.3 is 15.5 Å². The van der Waals surface area contributed by atoms with Crippen molar-refractivity contribution in [2.45, 2.75) is 6.42 Å². The second-order valence-electron chi connectivity index (χ2n) is 4.43. The number of hydrogen-bond acceptors (Lipinski definition) is 6. The summed E-state index contributed by atoms with van der Waals surface area (Å²) in [6.07, 6.45) is 0.718. The molecule has 0 saturated carbocycles. The number of nitrogens with zero attached hydrogens (tertiary/aromatic N) is 5. The number of halogens is 1. The Morgan fingerprint density at radius 3 is 2.72 bits per heavy atom. The molecule has 0 radical (unpaired) electrons. The van der Waals surface area contributed by atoms with Gasteiger partial charge in [-0.15, -0.1) is 0 Å². The van der Waals surface area contributed by atoms with E-state index in [4.69, 9.17) is 17.3 Å². The van der Waals surface area contributed by atoms with Crippen LogP contribution in [0.25, 0.3) is 0 Å². The Bertz CT molecular complexity index is 466. The topological polar surface area (TPSA) is 88.2 Å². The van der Waals surface area contributed by atoms with Gasteiger partial charge in [-0.25, -0.2) is 0 Å². The molecule has 0 bridgehead atoms. The van der Waals surface area contributed by atoms with E-state index < -0.39 is 0 Å². The van der Waals surface area contributed by atoms with Crippen LogP contribution in [0.3, 0.4) is 0 Å². The third kappa shape index (κ3) is 2.61. The van der Waals surface area contributed by atoms with Gasteiger partial charge in [0.05, 0.1) is 5.92 Å². The van der Waals surface area contributed by atoms with Crippen LogP contribution in [0.15, 0.2) is 0 Å². The lowest BCUT2D eigenvalue weighted by Gasteiger charge is -2.18. The van der Waals surface area contributed by atoms with Crippen LogP contribution in [0.5, 0.6) is 0 Å². The fraction of sp³-hybridized carbons (Fsp3) is 0.600. The Morgan fingerprint density at radius 2 is 2.17 bits per heavy atom. The van der Waals surface area contributed by atoms with Crippen molar-refractivity contribution < 1.29 is 4.79 Å². The number of carbonyl (C=O) groups is 1. The summed E-state index contributed by atoms with van der Waals surface area (Å²) in [6.45, 7) is 1.23. The highest BCUT2D eigenvalue weighted by Crippen LogP contribution is 2.22. The molecule has 7 nitrogen and oxygen atoms in total. The molecule has 0 aliphatic carbocycles. The van der Waals surface area contributed by atoms with Crippen molar-refractivity contribution in [1.29, 1.82) is 0 Å². The van der Waals surface area contributed by atoms with E-state index in [-0.39, 0.29) is 17.1 Å². The zero-order valence-corrected chi connectivity index (χ0v) is 11.1. The van der Waals surface area contributed by atoms with Gasteiger partial charge in [0.25, 0.3) is 0 Å². The van der Waals surface area contributed by atoms with Crippen LogP contribution < -0.4 is 15.5 Å². The van der Waals surface area contributed by atoms with Gasteiger partial charge >= 0.3 is 0 Å². The number of rotatable bonds is 3. The van der Waals surface area contributed by atoms with Crippen LogP contribution in [-0.2, 0) is 4.79 Å². The van der Waals surface area contributed by atoms with Crippen molar-refractivity contribution in [3.8, 4) is 0 Å². The number of primary amides is 1. The molecule has 1 fully saturated rings. The molecule has 98 valence electrons. The van der Waals surface area contributed by atoms with Gasteiger partial charge in [0.2, 0.25) is 23.1 Å². The summed E-state index contributed by atoms with van der Waals surface area (Å²) in [5, 5.41) is 0.145. The van der Waals surface area contributed by atoms with Crippen LogP contribution in [0.2, 0.25) is 5.28 Å². The summed E-state index contributed by atoms with van der Waals surface area (Å²) in [4.78, 5) is 27.2. The molecule has 2 N–H and O–H groups in total. The lowest BCUT2D eigenvalue weighted by Crippen LogP contribution is -2.28. The molecule has 0 spiro atoms. The van der Waals surface area contributed by atoms with Crippen LogP contribution >= 0.6 is 11.6 Å². The number of aromatic nitrogens is 3. The third-order valence-electron chi connectivity index (χ3n) is 2.86. The molecule has 1 atom stereocenters. The van der Waals surface area contributed by atoms with E-state index in [2.05, 4.69) is 15.0 Å². The van der Waals surface area contributed by atoms with Crippen molar-refractivity contribution in [3.05, 3.63) is 5.28 Å². The van der Waals surface area contributed by atoms with Gasteiger partial charge in [-0.2, -0.15) is 15.0 Å². The van der Waals surface area contributed by atoms with Crippen LogP contribution in [0.1, 0.15) is 6.42 Å². The number of nitrogens with two attached hydrogens (primary N) is 1. The van der Waals surface area contributed by atoms with Gasteiger partial charge in [-0.3, -0.25) is 4.79 Å². The number of amides is 1. The molecule has 1 aliphatic rings. The van der Waals surface area contributed by atoms with Gasteiger partial charge in [-0.1, -0.05) is 0 Å². The highest BCUT2D eigenvalue weighted by molar-refractivity contribution is 6.28. The molecule has 0 aromatic carbocycles. The maximum Gasteiger partial charge on any atom is 0.231 e. The lowest BCUT2D eigenvalue weighted by atomic mass is 10.1. The monoisotopic (exact) mass is 270 g/mol. The van der Waals surface area contributed by atoms with Crippen LogP contribution in [0, 0.1) is 5.92 Å². The minimum absolute atomic E-state index is 0.145. The largest absolute Gasteiger partial charge is 0.369 e. The van der Waals surface area contributed by atoms with Crippen molar-refractivity contribution in [3.63, 3.8) is 0 Å². The Labute approximate surface area is 110 Å². The van der Waals surface area contributed by atoms with E-state index in [1.807, 2.05) is 19.0 Å². The molecule has 1 aromatic rings. The van der Waals surface area contributed by atoms with Crippen molar-refractivity contribution in [2.75, 3.05) is 37.0 Å². The van der Waals surface area contributed by atoms with Gasteiger partial charge in [0.1, 0.15) is 0 Å². The van der Waals surface area contributed by atoms with Crippen LogP contribution in [0.4, 0.5) is 11.9 Å². The average molecular weight is 271 g/mol. The maximum atomic E-state index is 11.1. The molecular weight excluding hydrogens is 256 g/mol. The van der Waals surface area contributed by atoms with Gasteiger partial charge in [-0.05, 0) is 18.0 Å². The van der Waals surface area contributed by atoms with Crippen LogP contribution in [-0.4, -0.2) is 48.0 Å². The minimum atomic E-state index is -0.287. The first-order valence-corrected chi connectivity index (χ1v) is 5.98. The SMILES string of the molecule is CN(C)c1nc(Cl)nc(N2CCC(C(N)=O)C2)n1. The summed E-state index contributed by atoms with van der Waals surface area (Å²) in [6, 6.07) is 0. The highest BCUT2D eigenvalue weighted by atomic mass is 35.5. The zero-order chi connectivity index (χ0) is 13.3. The second-order valence-corrected chi connectivity index (χ2v) is 4.77. The van der Waals surface area contributed by atoms with E-state index in [0.717, 1.165) is 6.42 Å². The summed E-state index contributed by atoms with van der Waals surface area (Å²) in [5.41, 5.74) is 5.29. The summed E-state index contributed by atoms with van der Waals surface area (Å²) < 4.78 is 0. The average Bonchev–Trinajstić information content (AvgIpc) is 2.77. The molecular formula is C10H15ClN6O. The normalized spacial score (nSPS) is 19.1. The molecule has 1 unspecified atom stereocenters. The molecule has 8 heteroatoms. The Morgan fingerprint density at radius 1 is 1.44 bits per heavy atom. The first-order valence-electron chi connectivity index (χ1n) is 5.60. The third-order valence-corrected chi connectivity index (χ3v) is 3.03. The summed E-state index contributed by atoms with van der Waals surface area (Å²) >= 11 is 5.86. The Hall–Kier alpha value is -1.63. The molecule has 1 amide bonds. The zero-order valence-electron chi connectivity index (χ0n) is 10.3. The Balaban J connectivity index is 2.21. The first kappa shape index (κ1) is 12.8. The van der Waals surface area contributed by atoms with Crippen molar-refractivity contribution in [2.24, 2.45) is 11.7 Å². The summed E-state index contributed by atoms with van der Waals surface area (Å²) in [7, 11) is 3.65. The molecule has 1 saturated heterocycles. The standard InChI is InChI=1S/C10H15ClN6O/c1-16(2)9-13-8(11)14-10(15-9)17-4-3-6(5-17)7(12)18/h6H,3-5H2,1-2H3,(H2,12,18). The fourth-order valence-electron chi connectivity index (χ4n) is 1.85. The molecule has 1 aromatic heterocycles. The van der Waals surface area contributed by atoms with Crippen molar-refractivity contribution >= 4 is 29.4 Å². The maximum absolute atomic E-state index is 11.1. The summed E-state index contributed by atoms with van der Waals surface area (Å²) in [5.74, 6) is 0.545. The number of anilines is 2. The second kappa shape index (κ2) is 4.93. The van der Waals surface area contributed by atoms with E-state index in [1.54, 1.807) is 4.90 Å². The molecule has 1 aliphatic heterocycles. The quantitative estimate of drug-likeness (QED) is 0.825. The van der Waals surface area contributed by atoms with E-state index in [0.29, 0.717) is 25.0 Å². The minimum Gasteiger partial charge on any atom is -0.369 e. The molecule has 2 rings (SSSR count). The first-order chi connectivity index (χ1) is 8.47. The van der Waals surface area contributed by atoms with Crippen molar-refractivity contribution in [1.82, 2.24) is 15.0 Å². The Kier molecular flexibility index (Phi) is 3.51. The highest BCUT2D eigenvalue weighted by Gasteiger charge is 2.28. The predicted molar refractivity (Wildman–Crippen MR) is 68.7 cm³/mol. The number of carbonyl (C=O) groups excluding carboxylic acids is 1. The molecule has 2 heterocycles. The smallest absolute Gasteiger partial charge is 0.231 e. The van der Waals surface area contributed by atoms with E-state index in [1.165, 1.54) is 0 Å². The van der Waals surface area contributed by atoms with E-state index in [9.17, 15) is 4.79 Å².